The van der Waals surface area contributed by atoms with Gasteiger partial charge < -0.3 is 9.47 Å². The molecule has 0 saturated carbocycles. The Bertz CT molecular complexity index is 244. The standard InChI is InChI=1S/C9H12O5/c1-3-13-8(11)4-5-9(12)14-7(2)6-10/h6H,2-5H2,1H3. The van der Waals surface area contributed by atoms with Crippen molar-refractivity contribution in [2.75, 3.05) is 6.61 Å². The van der Waals surface area contributed by atoms with Crippen molar-refractivity contribution >= 4 is 18.2 Å². The number of ether oxygens (including phenoxy) is 2. The van der Waals surface area contributed by atoms with E-state index in [9.17, 15) is 14.4 Å². The van der Waals surface area contributed by atoms with Gasteiger partial charge in [-0.1, -0.05) is 6.58 Å². The van der Waals surface area contributed by atoms with Crippen LogP contribution in [0.25, 0.3) is 0 Å². The number of hydrogen-bond acceptors (Lipinski definition) is 5. The first-order valence-electron chi connectivity index (χ1n) is 4.10. The molecule has 5 nitrogen and oxygen atoms in total. The summed E-state index contributed by atoms with van der Waals surface area (Å²) in [6.45, 7) is 5.09. The highest BCUT2D eigenvalue weighted by molar-refractivity contribution is 5.81. The predicted octanol–water partition coefficient (Wildman–Crippen LogP) is 0.585. The number of carbonyl (C=O) groups is 3. The smallest absolute Gasteiger partial charge is 0.311 e. The Balaban J connectivity index is 3.68. The van der Waals surface area contributed by atoms with Gasteiger partial charge in [0.1, 0.15) is 0 Å². The van der Waals surface area contributed by atoms with Crippen LogP contribution in [0.1, 0.15) is 19.8 Å². The maximum absolute atomic E-state index is 10.9. The predicted molar refractivity (Wildman–Crippen MR) is 47.2 cm³/mol. The van der Waals surface area contributed by atoms with Gasteiger partial charge in [-0.25, -0.2) is 0 Å². The van der Waals surface area contributed by atoms with Gasteiger partial charge in [-0.05, 0) is 6.92 Å². The van der Waals surface area contributed by atoms with E-state index in [0.29, 0.717) is 6.29 Å². The first kappa shape index (κ1) is 12.3. The van der Waals surface area contributed by atoms with Gasteiger partial charge in [-0.2, -0.15) is 0 Å². The zero-order valence-corrected chi connectivity index (χ0v) is 7.95. The maximum Gasteiger partial charge on any atom is 0.311 e. The van der Waals surface area contributed by atoms with Crippen LogP contribution in [-0.4, -0.2) is 24.8 Å². The summed E-state index contributed by atoms with van der Waals surface area (Å²) in [5.41, 5.74) is 0. The van der Waals surface area contributed by atoms with Crippen molar-refractivity contribution in [3.8, 4) is 0 Å². The number of aldehydes is 1. The van der Waals surface area contributed by atoms with Crippen LogP contribution < -0.4 is 0 Å². The van der Waals surface area contributed by atoms with Gasteiger partial charge in [-0.15, -0.1) is 0 Å². The summed E-state index contributed by atoms with van der Waals surface area (Å²) in [6.07, 6.45) is 0.146. The molecule has 0 unspecified atom stereocenters. The summed E-state index contributed by atoms with van der Waals surface area (Å²) in [5.74, 6) is -1.41. The Morgan fingerprint density at radius 2 is 1.86 bits per heavy atom. The molecule has 0 N–H and O–H groups in total. The van der Waals surface area contributed by atoms with Gasteiger partial charge in [-0.3, -0.25) is 14.4 Å². The van der Waals surface area contributed by atoms with E-state index in [1.807, 2.05) is 0 Å². The van der Waals surface area contributed by atoms with Crippen molar-refractivity contribution in [1.82, 2.24) is 0 Å². The summed E-state index contributed by atoms with van der Waals surface area (Å²) in [7, 11) is 0. The van der Waals surface area contributed by atoms with E-state index in [0.717, 1.165) is 0 Å². The molecule has 0 atom stereocenters. The minimum Gasteiger partial charge on any atom is -0.466 e. The van der Waals surface area contributed by atoms with Gasteiger partial charge in [0, 0.05) is 0 Å². The molecule has 5 heteroatoms. The van der Waals surface area contributed by atoms with Crippen LogP contribution in [0.2, 0.25) is 0 Å². The molecule has 0 aliphatic carbocycles. The number of carbonyl (C=O) groups excluding carboxylic acids is 3. The van der Waals surface area contributed by atoms with Crippen molar-refractivity contribution in [2.45, 2.75) is 19.8 Å². The molecule has 14 heavy (non-hydrogen) atoms. The highest BCUT2D eigenvalue weighted by atomic mass is 16.5. The largest absolute Gasteiger partial charge is 0.466 e. The first-order chi connectivity index (χ1) is 6.60. The molecule has 0 spiro atoms. The third-order valence-electron chi connectivity index (χ3n) is 1.21. The van der Waals surface area contributed by atoms with Crippen LogP contribution in [0.3, 0.4) is 0 Å². The highest BCUT2D eigenvalue weighted by Crippen LogP contribution is 1.98. The van der Waals surface area contributed by atoms with Crippen molar-refractivity contribution in [1.29, 1.82) is 0 Å². The second-order valence-corrected chi connectivity index (χ2v) is 2.36. The Kier molecular flexibility index (Phi) is 6.02. The van der Waals surface area contributed by atoms with Crippen molar-refractivity contribution < 1.29 is 23.9 Å². The lowest BCUT2D eigenvalue weighted by Gasteiger charge is -2.02. The normalized spacial score (nSPS) is 8.93. The van der Waals surface area contributed by atoms with E-state index >= 15 is 0 Å². The zero-order chi connectivity index (χ0) is 11.0. The van der Waals surface area contributed by atoms with Crippen LogP contribution in [-0.2, 0) is 23.9 Å². The summed E-state index contributed by atoms with van der Waals surface area (Å²) in [5, 5.41) is 0. The number of rotatable bonds is 6. The first-order valence-corrected chi connectivity index (χ1v) is 4.10. The fourth-order valence-corrected chi connectivity index (χ4v) is 0.659. The quantitative estimate of drug-likeness (QED) is 0.271. The van der Waals surface area contributed by atoms with E-state index < -0.39 is 11.9 Å². The topological polar surface area (TPSA) is 69.7 Å². The third kappa shape index (κ3) is 5.93. The molecule has 0 aromatic heterocycles. The van der Waals surface area contributed by atoms with Gasteiger partial charge >= 0.3 is 11.9 Å². The zero-order valence-electron chi connectivity index (χ0n) is 7.95. The molecule has 0 fully saturated rings. The van der Waals surface area contributed by atoms with Gasteiger partial charge in [0.2, 0.25) is 0 Å². The van der Waals surface area contributed by atoms with Crippen molar-refractivity contribution in [3.05, 3.63) is 12.3 Å². The summed E-state index contributed by atoms with van der Waals surface area (Å²) >= 11 is 0. The molecule has 0 rings (SSSR count). The molecule has 0 bridgehead atoms. The lowest BCUT2D eigenvalue weighted by atomic mass is 10.3. The second kappa shape index (κ2) is 6.82. The van der Waals surface area contributed by atoms with Crippen LogP contribution in [0.15, 0.2) is 12.3 Å². The molecular formula is C9H12O5. The molecule has 0 amide bonds. The van der Waals surface area contributed by atoms with Crippen LogP contribution in [0.4, 0.5) is 0 Å². The SMILES string of the molecule is C=C(C=O)OC(=O)CCC(=O)OCC. The number of esters is 2. The maximum atomic E-state index is 10.9. The minimum atomic E-state index is -0.671. The van der Waals surface area contributed by atoms with E-state index in [-0.39, 0.29) is 25.2 Å². The van der Waals surface area contributed by atoms with Gasteiger partial charge in [0.15, 0.2) is 12.0 Å². The molecule has 0 aromatic carbocycles. The third-order valence-corrected chi connectivity index (χ3v) is 1.21. The molecule has 0 heterocycles. The highest BCUT2D eigenvalue weighted by Gasteiger charge is 2.09. The van der Waals surface area contributed by atoms with Crippen molar-refractivity contribution in [3.63, 3.8) is 0 Å². The Hall–Kier alpha value is -1.65. The summed E-state index contributed by atoms with van der Waals surface area (Å²) in [4.78, 5) is 31.7. The second-order valence-electron chi connectivity index (χ2n) is 2.36. The van der Waals surface area contributed by atoms with E-state index in [1.54, 1.807) is 6.92 Å². The lowest BCUT2D eigenvalue weighted by Crippen LogP contribution is -2.10. The average molecular weight is 200 g/mol. The Morgan fingerprint density at radius 1 is 1.29 bits per heavy atom. The van der Waals surface area contributed by atoms with Crippen LogP contribution >= 0.6 is 0 Å². The average Bonchev–Trinajstić information content (AvgIpc) is 2.15. The van der Waals surface area contributed by atoms with Gasteiger partial charge in [0.25, 0.3) is 0 Å². The number of allylic oxidation sites excluding steroid dienone is 1. The molecule has 0 saturated heterocycles. The number of hydrogen-bond donors (Lipinski definition) is 0. The van der Waals surface area contributed by atoms with E-state index in [4.69, 9.17) is 0 Å². The molecule has 0 radical (unpaired) electrons. The van der Waals surface area contributed by atoms with Crippen LogP contribution in [0, 0.1) is 0 Å². The minimum absolute atomic E-state index is 0.0567. The Morgan fingerprint density at radius 3 is 2.36 bits per heavy atom. The monoisotopic (exact) mass is 200 g/mol. The van der Waals surface area contributed by atoms with E-state index in [2.05, 4.69) is 16.1 Å². The molecule has 0 aliphatic heterocycles. The summed E-state index contributed by atoms with van der Waals surface area (Å²) in [6, 6.07) is 0. The van der Waals surface area contributed by atoms with Crippen molar-refractivity contribution in [2.24, 2.45) is 0 Å². The Labute approximate surface area is 81.7 Å². The molecule has 0 aliphatic rings. The van der Waals surface area contributed by atoms with Crippen LogP contribution in [0.5, 0.6) is 0 Å². The van der Waals surface area contributed by atoms with E-state index in [1.165, 1.54) is 0 Å². The molecular weight excluding hydrogens is 188 g/mol. The summed E-state index contributed by atoms with van der Waals surface area (Å²) < 4.78 is 9.00. The molecule has 78 valence electrons. The lowest BCUT2D eigenvalue weighted by molar-refractivity contribution is -0.148. The fourth-order valence-electron chi connectivity index (χ4n) is 0.659. The van der Waals surface area contributed by atoms with Gasteiger partial charge in [0.05, 0.1) is 19.4 Å². The fraction of sp³-hybridized carbons (Fsp3) is 0.444. The molecule has 0 aromatic rings.